The Balaban J connectivity index is 1.10. The molecule has 3 heterocycles. The second-order valence-electron chi connectivity index (χ2n) is 7.79. The van der Waals surface area contributed by atoms with Crippen molar-refractivity contribution in [2.75, 3.05) is 37.6 Å². The summed E-state index contributed by atoms with van der Waals surface area (Å²) in [5.74, 6) is 1.35. The molecule has 1 saturated heterocycles. The van der Waals surface area contributed by atoms with Gasteiger partial charge in [-0.05, 0) is 42.8 Å². The predicted molar refractivity (Wildman–Crippen MR) is 124 cm³/mol. The van der Waals surface area contributed by atoms with Crippen LogP contribution in [-0.4, -0.2) is 53.8 Å². The van der Waals surface area contributed by atoms with Crippen molar-refractivity contribution >= 4 is 23.1 Å². The van der Waals surface area contributed by atoms with Gasteiger partial charge in [0.1, 0.15) is 0 Å². The molecular formula is C23H29N5O2S. The summed E-state index contributed by atoms with van der Waals surface area (Å²) in [7, 11) is 0. The zero-order chi connectivity index (χ0) is 21.5. The average molecular weight is 440 g/mol. The standard InChI is InChI=1S/C23H29N5O2S/c1-18-8-4-5-9-19(18)27-13-15-28(16-14-27)23(29)24-12-6-2-3-11-21-25-22(26-30-21)20-10-7-17-31-20/h4-5,7-10,17H,2-3,6,11-16H2,1H3,(H,24,29). The molecule has 2 aromatic heterocycles. The van der Waals surface area contributed by atoms with Gasteiger partial charge in [0.25, 0.3) is 0 Å². The lowest BCUT2D eigenvalue weighted by Crippen LogP contribution is -2.52. The van der Waals surface area contributed by atoms with Gasteiger partial charge in [-0.2, -0.15) is 4.98 Å². The van der Waals surface area contributed by atoms with Gasteiger partial charge in [0.05, 0.1) is 4.88 Å². The molecule has 0 saturated carbocycles. The molecule has 1 N–H and O–H groups in total. The number of nitrogens with one attached hydrogen (secondary N) is 1. The fraction of sp³-hybridized carbons (Fsp3) is 0.435. The summed E-state index contributed by atoms with van der Waals surface area (Å²) in [6.45, 7) is 6.08. The molecule has 0 unspecified atom stereocenters. The van der Waals surface area contributed by atoms with Crippen LogP contribution in [0.2, 0.25) is 0 Å². The largest absolute Gasteiger partial charge is 0.368 e. The van der Waals surface area contributed by atoms with E-state index >= 15 is 0 Å². The summed E-state index contributed by atoms with van der Waals surface area (Å²) < 4.78 is 5.33. The lowest BCUT2D eigenvalue weighted by atomic mass is 10.1. The van der Waals surface area contributed by atoms with Gasteiger partial charge in [0.2, 0.25) is 11.7 Å². The second kappa shape index (κ2) is 10.4. The van der Waals surface area contributed by atoms with Crippen LogP contribution in [0.1, 0.15) is 30.7 Å². The molecule has 0 aliphatic carbocycles. The Bertz CT molecular complexity index is 964. The molecule has 2 amide bonds. The molecule has 8 heteroatoms. The summed E-state index contributed by atoms with van der Waals surface area (Å²) in [6, 6.07) is 12.4. The molecule has 0 atom stereocenters. The average Bonchev–Trinajstić information content (AvgIpc) is 3.48. The van der Waals surface area contributed by atoms with Gasteiger partial charge in [-0.1, -0.05) is 35.8 Å². The van der Waals surface area contributed by atoms with Gasteiger partial charge in [0.15, 0.2) is 0 Å². The molecule has 4 rings (SSSR count). The van der Waals surface area contributed by atoms with Crippen LogP contribution in [0, 0.1) is 6.92 Å². The first kappa shape index (κ1) is 21.4. The summed E-state index contributed by atoms with van der Waals surface area (Å²) >= 11 is 1.61. The maximum Gasteiger partial charge on any atom is 0.317 e. The number of nitrogens with zero attached hydrogens (tertiary/aromatic N) is 4. The Labute approximate surface area is 187 Å². The Hall–Kier alpha value is -2.87. The molecule has 1 aromatic carbocycles. The Morgan fingerprint density at radius 2 is 1.94 bits per heavy atom. The maximum absolute atomic E-state index is 12.4. The second-order valence-corrected chi connectivity index (χ2v) is 8.74. The number of rotatable bonds is 8. The van der Waals surface area contributed by atoms with Crippen molar-refractivity contribution in [3.63, 3.8) is 0 Å². The molecule has 1 aliphatic heterocycles. The van der Waals surface area contributed by atoms with Crippen LogP contribution in [0.3, 0.4) is 0 Å². The third-order valence-electron chi connectivity index (χ3n) is 5.58. The van der Waals surface area contributed by atoms with Crippen molar-refractivity contribution in [3.8, 4) is 10.7 Å². The van der Waals surface area contributed by atoms with Crippen molar-refractivity contribution in [2.45, 2.75) is 32.6 Å². The number of piperazine rings is 1. The van der Waals surface area contributed by atoms with Crippen LogP contribution >= 0.6 is 11.3 Å². The van der Waals surface area contributed by atoms with E-state index in [9.17, 15) is 4.79 Å². The van der Waals surface area contributed by atoms with E-state index in [0.29, 0.717) is 18.3 Å². The van der Waals surface area contributed by atoms with Gasteiger partial charge in [-0.3, -0.25) is 0 Å². The van der Waals surface area contributed by atoms with Gasteiger partial charge in [-0.25, -0.2) is 4.79 Å². The number of urea groups is 1. The summed E-state index contributed by atoms with van der Waals surface area (Å²) in [6.07, 6.45) is 3.70. The first-order valence-electron chi connectivity index (χ1n) is 10.9. The zero-order valence-corrected chi connectivity index (χ0v) is 18.7. The number of hydrogen-bond acceptors (Lipinski definition) is 6. The number of aromatic nitrogens is 2. The van der Waals surface area contributed by atoms with Crippen molar-refractivity contribution in [1.82, 2.24) is 20.4 Å². The third-order valence-corrected chi connectivity index (χ3v) is 6.44. The zero-order valence-electron chi connectivity index (χ0n) is 17.9. The normalized spacial score (nSPS) is 14.1. The lowest BCUT2D eigenvalue weighted by molar-refractivity contribution is 0.194. The first-order valence-corrected chi connectivity index (χ1v) is 11.8. The number of unbranched alkanes of at least 4 members (excludes halogenated alkanes) is 2. The van der Waals surface area contributed by atoms with Crippen LogP contribution < -0.4 is 10.2 Å². The predicted octanol–water partition coefficient (Wildman–Crippen LogP) is 4.35. The van der Waals surface area contributed by atoms with Crippen molar-refractivity contribution in [3.05, 3.63) is 53.2 Å². The van der Waals surface area contributed by atoms with E-state index < -0.39 is 0 Å². The number of benzene rings is 1. The quantitative estimate of drug-likeness (QED) is 0.528. The molecule has 1 fully saturated rings. The summed E-state index contributed by atoms with van der Waals surface area (Å²) in [5.41, 5.74) is 2.55. The van der Waals surface area contributed by atoms with Gasteiger partial charge < -0.3 is 19.6 Å². The van der Waals surface area contributed by atoms with Crippen LogP contribution in [0.5, 0.6) is 0 Å². The van der Waals surface area contributed by atoms with Crippen LogP contribution in [0.25, 0.3) is 10.7 Å². The number of anilines is 1. The fourth-order valence-electron chi connectivity index (χ4n) is 3.82. The highest BCUT2D eigenvalue weighted by Gasteiger charge is 2.21. The minimum Gasteiger partial charge on any atom is -0.368 e. The number of thiophene rings is 1. The Morgan fingerprint density at radius 3 is 2.71 bits per heavy atom. The SMILES string of the molecule is Cc1ccccc1N1CCN(C(=O)NCCCCCc2nc(-c3cccs3)no2)CC1. The van der Waals surface area contributed by atoms with Gasteiger partial charge in [-0.15, -0.1) is 11.3 Å². The van der Waals surface area contributed by atoms with E-state index in [0.717, 1.165) is 56.7 Å². The minimum absolute atomic E-state index is 0.0434. The van der Waals surface area contributed by atoms with Crippen molar-refractivity contribution in [2.24, 2.45) is 0 Å². The van der Waals surface area contributed by atoms with E-state index in [1.807, 2.05) is 22.4 Å². The Morgan fingerprint density at radius 1 is 1.10 bits per heavy atom. The molecule has 31 heavy (non-hydrogen) atoms. The van der Waals surface area contributed by atoms with Gasteiger partial charge >= 0.3 is 6.03 Å². The first-order chi connectivity index (χ1) is 15.2. The van der Waals surface area contributed by atoms with Crippen LogP contribution in [0.4, 0.5) is 10.5 Å². The monoisotopic (exact) mass is 439 g/mol. The fourth-order valence-corrected chi connectivity index (χ4v) is 4.47. The molecule has 1 aliphatic rings. The van der Waals surface area contributed by atoms with Crippen LogP contribution in [0.15, 0.2) is 46.3 Å². The molecular weight excluding hydrogens is 410 g/mol. The molecule has 0 bridgehead atoms. The lowest BCUT2D eigenvalue weighted by Gasteiger charge is -2.36. The van der Waals surface area contributed by atoms with Gasteiger partial charge in [0, 0.05) is 44.8 Å². The Kier molecular flexibility index (Phi) is 7.19. The number of carbonyl (C=O) groups excluding carboxylic acids is 1. The maximum atomic E-state index is 12.4. The highest BCUT2D eigenvalue weighted by molar-refractivity contribution is 7.13. The summed E-state index contributed by atoms with van der Waals surface area (Å²) in [4.78, 5) is 22.2. The number of amides is 2. The topological polar surface area (TPSA) is 74.5 Å². The third kappa shape index (κ3) is 5.64. The van der Waals surface area contributed by atoms with Crippen molar-refractivity contribution < 1.29 is 9.32 Å². The highest BCUT2D eigenvalue weighted by Crippen LogP contribution is 2.22. The highest BCUT2D eigenvalue weighted by atomic mass is 32.1. The number of carbonyl (C=O) groups is 1. The molecule has 0 spiro atoms. The van der Waals surface area contributed by atoms with Crippen molar-refractivity contribution in [1.29, 1.82) is 0 Å². The molecule has 7 nitrogen and oxygen atoms in total. The van der Waals surface area contributed by atoms with E-state index in [2.05, 4.69) is 51.5 Å². The molecule has 0 radical (unpaired) electrons. The number of hydrogen-bond donors (Lipinski definition) is 1. The molecule has 3 aromatic rings. The van der Waals surface area contributed by atoms with Crippen LogP contribution in [-0.2, 0) is 6.42 Å². The number of para-hydroxylation sites is 1. The van der Waals surface area contributed by atoms with E-state index in [1.54, 1.807) is 11.3 Å². The summed E-state index contributed by atoms with van der Waals surface area (Å²) in [5, 5.41) is 9.10. The smallest absolute Gasteiger partial charge is 0.317 e. The number of aryl methyl sites for hydroxylation is 2. The van der Waals surface area contributed by atoms with E-state index in [4.69, 9.17) is 4.52 Å². The van der Waals surface area contributed by atoms with E-state index in [-0.39, 0.29) is 6.03 Å². The minimum atomic E-state index is 0.0434. The van der Waals surface area contributed by atoms with E-state index in [1.165, 1.54) is 11.3 Å². The molecule has 164 valence electrons.